The molecule has 1 fully saturated rings. The number of halogens is 4. The van der Waals surface area contributed by atoms with Gasteiger partial charge in [-0.1, -0.05) is 18.2 Å². The second kappa shape index (κ2) is 7.47. The molecule has 1 aromatic rings. The number of hydrogen-bond donors (Lipinski definition) is 1. The van der Waals surface area contributed by atoms with Crippen LogP contribution in [0.15, 0.2) is 18.2 Å². The number of benzene rings is 1. The molecule has 2 rings (SSSR count). The van der Waals surface area contributed by atoms with Crippen molar-refractivity contribution in [3.05, 3.63) is 34.9 Å². The Hall–Kier alpha value is -0.780. The number of hydrogen-bond acceptors (Lipinski definition) is 2. The summed E-state index contributed by atoms with van der Waals surface area (Å²) in [6.07, 6.45) is -4.93. The molecule has 1 N–H and O–H groups in total. The van der Waals surface area contributed by atoms with Crippen molar-refractivity contribution in [3.8, 4) is 0 Å². The standard InChI is InChI=1S/C15H21F3N2.ClH/c1-11-4-3-5-12(2)14(11)13(10-15(16,17)18)20-8-6-19-7-9-20;/h3-5,13,19H,6-10H2,1-2H3;1H/t13-;/m0./s1. The van der Waals surface area contributed by atoms with Crippen molar-refractivity contribution < 1.29 is 13.2 Å². The van der Waals surface area contributed by atoms with Gasteiger partial charge < -0.3 is 5.32 Å². The molecule has 21 heavy (non-hydrogen) atoms. The number of alkyl halides is 3. The van der Waals surface area contributed by atoms with Crippen molar-refractivity contribution in [1.29, 1.82) is 0 Å². The smallest absolute Gasteiger partial charge is 0.314 e. The minimum absolute atomic E-state index is 0. The van der Waals surface area contributed by atoms with Gasteiger partial charge >= 0.3 is 6.18 Å². The lowest BCUT2D eigenvalue weighted by Crippen LogP contribution is -2.46. The average molecular weight is 323 g/mol. The lowest BCUT2D eigenvalue weighted by atomic mass is 9.92. The lowest BCUT2D eigenvalue weighted by molar-refractivity contribution is -0.148. The van der Waals surface area contributed by atoms with E-state index in [0.717, 1.165) is 29.8 Å². The number of nitrogens with zero attached hydrogens (tertiary/aromatic N) is 1. The molecule has 0 saturated carbocycles. The van der Waals surface area contributed by atoms with Crippen molar-refractivity contribution in [3.63, 3.8) is 0 Å². The molecule has 1 aliphatic rings. The number of aryl methyl sites for hydroxylation is 2. The zero-order valence-electron chi connectivity index (χ0n) is 12.3. The van der Waals surface area contributed by atoms with Gasteiger partial charge in [-0.15, -0.1) is 12.4 Å². The third-order valence-electron chi connectivity index (χ3n) is 3.89. The van der Waals surface area contributed by atoms with Gasteiger partial charge in [0.25, 0.3) is 0 Å². The van der Waals surface area contributed by atoms with Crippen molar-refractivity contribution in [1.82, 2.24) is 10.2 Å². The molecule has 1 saturated heterocycles. The first-order valence-corrected chi connectivity index (χ1v) is 6.96. The number of nitrogens with one attached hydrogen (secondary N) is 1. The molecular weight excluding hydrogens is 301 g/mol. The Kier molecular flexibility index (Phi) is 6.50. The van der Waals surface area contributed by atoms with Crippen LogP contribution in [0.2, 0.25) is 0 Å². The van der Waals surface area contributed by atoms with Gasteiger partial charge in [0.1, 0.15) is 0 Å². The summed E-state index contributed by atoms with van der Waals surface area (Å²) in [5.41, 5.74) is 2.72. The van der Waals surface area contributed by atoms with Gasteiger partial charge in [0, 0.05) is 32.2 Å². The van der Waals surface area contributed by atoms with Crippen LogP contribution < -0.4 is 5.32 Å². The Labute approximate surface area is 130 Å². The summed E-state index contributed by atoms with van der Waals surface area (Å²) in [4.78, 5) is 1.96. The van der Waals surface area contributed by atoms with Gasteiger partial charge in [0.15, 0.2) is 0 Å². The van der Waals surface area contributed by atoms with Gasteiger partial charge in [-0.25, -0.2) is 0 Å². The van der Waals surface area contributed by atoms with E-state index in [0.29, 0.717) is 13.1 Å². The van der Waals surface area contributed by atoms with E-state index in [9.17, 15) is 13.2 Å². The SMILES string of the molecule is Cc1cccc(C)c1[C@H](CC(F)(F)F)N1CCNCC1.Cl. The van der Waals surface area contributed by atoms with Gasteiger partial charge in [-0.05, 0) is 30.5 Å². The second-order valence-electron chi connectivity index (χ2n) is 5.43. The fraction of sp³-hybridized carbons (Fsp3) is 0.600. The molecule has 0 radical (unpaired) electrons. The van der Waals surface area contributed by atoms with E-state index in [1.54, 1.807) is 0 Å². The van der Waals surface area contributed by atoms with E-state index in [4.69, 9.17) is 0 Å². The number of piperazine rings is 1. The summed E-state index contributed by atoms with van der Waals surface area (Å²) < 4.78 is 38.9. The van der Waals surface area contributed by atoms with Gasteiger partial charge in [0.05, 0.1) is 6.42 Å². The summed E-state index contributed by atoms with van der Waals surface area (Å²) in [5, 5.41) is 3.19. The van der Waals surface area contributed by atoms with Crippen molar-refractivity contribution >= 4 is 12.4 Å². The molecular formula is C15H22ClF3N2. The van der Waals surface area contributed by atoms with Crippen LogP contribution in [0.4, 0.5) is 13.2 Å². The van der Waals surface area contributed by atoms with Crippen LogP contribution in [-0.4, -0.2) is 37.3 Å². The fourth-order valence-corrected chi connectivity index (χ4v) is 2.98. The summed E-state index contributed by atoms with van der Waals surface area (Å²) in [7, 11) is 0. The Morgan fingerprint density at radius 1 is 1.14 bits per heavy atom. The van der Waals surface area contributed by atoms with Gasteiger partial charge in [-0.2, -0.15) is 13.2 Å². The van der Waals surface area contributed by atoms with Gasteiger partial charge in [-0.3, -0.25) is 4.90 Å². The minimum Gasteiger partial charge on any atom is -0.314 e. The highest BCUT2D eigenvalue weighted by atomic mass is 35.5. The van der Waals surface area contributed by atoms with Crippen LogP contribution in [0.3, 0.4) is 0 Å². The largest absolute Gasteiger partial charge is 0.390 e. The van der Waals surface area contributed by atoms with E-state index >= 15 is 0 Å². The van der Waals surface area contributed by atoms with E-state index in [1.165, 1.54) is 0 Å². The summed E-state index contributed by atoms with van der Waals surface area (Å²) >= 11 is 0. The Bertz CT molecular complexity index is 436. The first kappa shape index (κ1) is 18.3. The molecule has 120 valence electrons. The maximum absolute atomic E-state index is 13.0. The Morgan fingerprint density at radius 2 is 1.67 bits per heavy atom. The third-order valence-corrected chi connectivity index (χ3v) is 3.89. The van der Waals surface area contributed by atoms with Crippen molar-refractivity contribution in [2.75, 3.05) is 26.2 Å². The van der Waals surface area contributed by atoms with Gasteiger partial charge in [0.2, 0.25) is 0 Å². The Morgan fingerprint density at radius 3 is 2.14 bits per heavy atom. The second-order valence-corrected chi connectivity index (χ2v) is 5.43. The summed E-state index contributed by atoms with van der Waals surface area (Å²) in [6.45, 7) is 6.61. The highest BCUT2D eigenvalue weighted by Crippen LogP contribution is 2.36. The molecule has 2 nitrogen and oxygen atoms in total. The van der Waals surface area contributed by atoms with E-state index in [2.05, 4.69) is 5.32 Å². The van der Waals surface area contributed by atoms with E-state index in [1.807, 2.05) is 36.9 Å². The predicted molar refractivity (Wildman–Crippen MR) is 81.0 cm³/mol. The predicted octanol–water partition coefficient (Wildman–Crippen LogP) is 3.62. The average Bonchev–Trinajstić information content (AvgIpc) is 2.37. The quantitative estimate of drug-likeness (QED) is 0.914. The highest BCUT2D eigenvalue weighted by Gasteiger charge is 2.36. The zero-order chi connectivity index (χ0) is 14.8. The molecule has 0 spiro atoms. The van der Waals surface area contributed by atoms with Crippen molar-refractivity contribution in [2.24, 2.45) is 0 Å². The maximum Gasteiger partial charge on any atom is 0.390 e. The molecule has 6 heteroatoms. The molecule has 0 bridgehead atoms. The molecule has 0 aromatic heterocycles. The van der Waals surface area contributed by atoms with E-state index in [-0.39, 0.29) is 12.4 Å². The summed E-state index contributed by atoms with van der Waals surface area (Å²) in [6, 6.07) is 5.12. The third kappa shape index (κ3) is 4.87. The van der Waals surface area contributed by atoms with Crippen LogP contribution >= 0.6 is 12.4 Å². The van der Waals surface area contributed by atoms with Crippen LogP contribution in [0, 0.1) is 13.8 Å². The molecule has 0 amide bonds. The van der Waals surface area contributed by atoms with E-state index < -0.39 is 18.6 Å². The first-order valence-electron chi connectivity index (χ1n) is 6.96. The first-order chi connectivity index (χ1) is 9.38. The Balaban J connectivity index is 0.00000220. The topological polar surface area (TPSA) is 15.3 Å². The minimum atomic E-state index is -4.15. The highest BCUT2D eigenvalue weighted by molar-refractivity contribution is 5.85. The molecule has 1 atom stereocenters. The molecule has 0 aliphatic carbocycles. The molecule has 0 unspecified atom stereocenters. The van der Waals surface area contributed by atoms with Crippen LogP contribution in [0.5, 0.6) is 0 Å². The zero-order valence-corrected chi connectivity index (χ0v) is 13.2. The van der Waals surface area contributed by atoms with Crippen LogP contribution in [-0.2, 0) is 0 Å². The summed E-state index contributed by atoms with van der Waals surface area (Å²) in [5.74, 6) is 0. The fourth-order valence-electron chi connectivity index (χ4n) is 2.98. The maximum atomic E-state index is 13.0. The van der Waals surface area contributed by atoms with Crippen LogP contribution in [0.25, 0.3) is 0 Å². The normalized spacial score (nSPS) is 18.1. The number of rotatable bonds is 3. The van der Waals surface area contributed by atoms with Crippen molar-refractivity contribution in [2.45, 2.75) is 32.5 Å². The molecule has 1 heterocycles. The molecule has 1 aliphatic heterocycles. The van der Waals surface area contributed by atoms with Crippen LogP contribution in [0.1, 0.15) is 29.2 Å². The molecule has 1 aromatic carbocycles. The lowest BCUT2D eigenvalue weighted by Gasteiger charge is -2.37. The monoisotopic (exact) mass is 322 g/mol.